The molecule has 0 bridgehead atoms. The van der Waals surface area contributed by atoms with Gasteiger partial charge >= 0.3 is 17.9 Å². The second-order valence-corrected chi connectivity index (χ2v) is 19.2. The number of unbranched alkanes of at least 4 members (excludes halogenated alkanes) is 41. The van der Waals surface area contributed by atoms with E-state index in [0.29, 0.717) is 19.3 Å². The van der Waals surface area contributed by atoms with E-state index in [0.717, 1.165) is 57.8 Å². The number of ether oxygens (including phenoxy) is 3. The molecule has 1 atom stereocenters. The van der Waals surface area contributed by atoms with E-state index in [2.05, 4.69) is 20.8 Å². The summed E-state index contributed by atoms with van der Waals surface area (Å²) in [4.78, 5) is 37.6. The van der Waals surface area contributed by atoms with Crippen LogP contribution in [0, 0.1) is 0 Å². The smallest absolute Gasteiger partial charge is 0.306 e. The minimum Gasteiger partial charge on any atom is -0.462 e. The summed E-state index contributed by atoms with van der Waals surface area (Å²) < 4.78 is 16.7. The normalized spacial score (nSPS) is 11.9. The molecule has 6 heteroatoms. The third kappa shape index (κ3) is 49.4. The molecule has 0 radical (unpaired) electrons. The van der Waals surface area contributed by atoms with Crippen LogP contribution in [0.2, 0.25) is 0 Å². The lowest BCUT2D eigenvalue weighted by Crippen LogP contribution is -2.30. The van der Waals surface area contributed by atoms with E-state index >= 15 is 0 Å². The van der Waals surface area contributed by atoms with E-state index in [1.54, 1.807) is 0 Å². The van der Waals surface area contributed by atoms with Crippen molar-refractivity contribution in [1.29, 1.82) is 0 Å². The topological polar surface area (TPSA) is 78.9 Å². The number of hydrogen-bond acceptors (Lipinski definition) is 6. The molecule has 0 aromatic rings. The van der Waals surface area contributed by atoms with E-state index in [1.807, 2.05) is 0 Å². The maximum absolute atomic E-state index is 12.6. The highest BCUT2D eigenvalue weighted by Gasteiger charge is 2.19. The lowest BCUT2D eigenvalue weighted by Gasteiger charge is -2.18. The Hall–Kier alpha value is -1.59. The Bertz CT molecular complexity index is 920. The fourth-order valence-corrected chi connectivity index (χ4v) is 8.62. The molecule has 0 aliphatic heterocycles. The maximum Gasteiger partial charge on any atom is 0.306 e. The average Bonchev–Trinajstić information content (AvgIpc) is 3.27. The lowest BCUT2D eigenvalue weighted by molar-refractivity contribution is -0.167. The first-order valence-corrected chi connectivity index (χ1v) is 28.0. The molecule has 0 spiro atoms. The van der Waals surface area contributed by atoms with Gasteiger partial charge < -0.3 is 14.2 Å². The van der Waals surface area contributed by atoms with Crippen LogP contribution in [0.25, 0.3) is 0 Å². The van der Waals surface area contributed by atoms with Crippen molar-refractivity contribution in [3.8, 4) is 0 Å². The molecular weight excluding hydrogens is 769 g/mol. The van der Waals surface area contributed by atoms with Gasteiger partial charge in [0.25, 0.3) is 0 Å². The molecule has 0 aliphatic rings. The summed E-state index contributed by atoms with van der Waals surface area (Å²) in [5.41, 5.74) is 0. The van der Waals surface area contributed by atoms with Crippen molar-refractivity contribution >= 4 is 17.9 Å². The highest BCUT2D eigenvalue weighted by Crippen LogP contribution is 2.18. The summed E-state index contributed by atoms with van der Waals surface area (Å²) >= 11 is 0. The van der Waals surface area contributed by atoms with E-state index in [4.69, 9.17) is 14.2 Å². The van der Waals surface area contributed by atoms with E-state index in [-0.39, 0.29) is 31.1 Å². The first-order chi connectivity index (χ1) is 30.5. The molecule has 0 N–H and O–H groups in total. The van der Waals surface area contributed by atoms with Crippen LogP contribution in [0.3, 0.4) is 0 Å². The Morgan fingerprint density at radius 1 is 0.258 bits per heavy atom. The third-order valence-electron chi connectivity index (χ3n) is 12.9. The number of rotatable bonds is 52. The van der Waals surface area contributed by atoms with Gasteiger partial charge in [-0.3, -0.25) is 14.4 Å². The van der Waals surface area contributed by atoms with Gasteiger partial charge in [-0.1, -0.05) is 284 Å². The lowest BCUT2D eigenvalue weighted by atomic mass is 10.0. The summed E-state index contributed by atoms with van der Waals surface area (Å²) in [5, 5.41) is 0. The van der Waals surface area contributed by atoms with Gasteiger partial charge in [0, 0.05) is 19.3 Å². The summed E-state index contributed by atoms with van der Waals surface area (Å²) in [7, 11) is 0. The zero-order valence-electron chi connectivity index (χ0n) is 42.2. The van der Waals surface area contributed by atoms with Crippen LogP contribution in [0.1, 0.15) is 323 Å². The van der Waals surface area contributed by atoms with Crippen LogP contribution >= 0.6 is 0 Å². The maximum atomic E-state index is 12.6. The van der Waals surface area contributed by atoms with Gasteiger partial charge in [0.15, 0.2) is 6.10 Å². The SMILES string of the molecule is CCCCCCCCCCCCCCCCCCCCCCCCCCCCCCCC(=O)OCC(COC(=O)CCCCCCCCC)OC(=O)CCCCCCCCCC. The van der Waals surface area contributed by atoms with Crippen molar-refractivity contribution in [2.24, 2.45) is 0 Å². The number of carbonyl (C=O) groups is 3. The molecule has 0 saturated carbocycles. The van der Waals surface area contributed by atoms with Crippen LogP contribution in [0.4, 0.5) is 0 Å². The fourth-order valence-electron chi connectivity index (χ4n) is 8.62. The van der Waals surface area contributed by atoms with Crippen molar-refractivity contribution in [3.63, 3.8) is 0 Å². The average molecular weight is 877 g/mol. The highest BCUT2D eigenvalue weighted by molar-refractivity contribution is 5.71. The molecule has 0 heterocycles. The number of hydrogen-bond donors (Lipinski definition) is 0. The molecule has 368 valence electrons. The zero-order chi connectivity index (χ0) is 45.1. The van der Waals surface area contributed by atoms with Crippen molar-refractivity contribution in [3.05, 3.63) is 0 Å². The van der Waals surface area contributed by atoms with E-state index in [1.165, 1.54) is 225 Å². The van der Waals surface area contributed by atoms with Gasteiger partial charge in [0.1, 0.15) is 13.2 Å². The second-order valence-electron chi connectivity index (χ2n) is 19.2. The van der Waals surface area contributed by atoms with Crippen LogP contribution in [0.5, 0.6) is 0 Å². The van der Waals surface area contributed by atoms with Gasteiger partial charge in [-0.2, -0.15) is 0 Å². The molecule has 0 rings (SSSR count). The number of carbonyl (C=O) groups excluding carboxylic acids is 3. The summed E-state index contributed by atoms with van der Waals surface area (Å²) in [5.74, 6) is -0.857. The van der Waals surface area contributed by atoms with Crippen molar-refractivity contribution in [1.82, 2.24) is 0 Å². The van der Waals surface area contributed by atoms with Gasteiger partial charge in [0.05, 0.1) is 0 Å². The summed E-state index contributed by atoms with van der Waals surface area (Å²) in [6, 6.07) is 0. The zero-order valence-corrected chi connectivity index (χ0v) is 42.2. The quantitative estimate of drug-likeness (QED) is 0.0344. The third-order valence-corrected chi connectivity index (χ3v) is 12.9. The highest BCUT2D eigenvalue weighted by atomic mass is 16.6. The van der Waals surface area contributed by atoms with Crippen molar-refractivity contribution < 1.29 is 28.6 Å². The monoisotopic (exact) mass is 877 g/mol. The molecule has 62 heavy (non-hydrogen) atoms. The van der Waals surface area contributed by atoms with Gasteiger partial charge in [-0.15, -0.1) is 0 Å². The fraction of sp³-hybridized carbons (Fsp3) is 0.946. The Morgan fingerprint density at radius 3 is 0.645 bits per heavy atom. The van der Waals surface area contributed by atoms with Gasteiger partial charge in [-0.25, -0.2) is 0 Å². The predicted octanol–water partition coefficient (Wildman–Crippen LogP) is 18.4. The first kappa shape index (κ1) is 60.4. The Labute approximate surface area is 387 Å². The summed E-state index contributed by atoms with van der Waals surface area (Å²) in [6.07, 6.45) is 57.3. The predicted molar refractivity (Wildman–Crippen MR) is 266 cm³/mol. The second kappa shape index (κ2) is 52.0. The molecule has 6 nitrogen and oxygen atoms in total. The number of esters is 3. The van der Waals surface area contributed by atoms with Crippen LogP contribution in [-0.4, -0.2) is 37.2 Å². The Morgan fingerprint density at radius 2 is 0.435 bits per heavy atom. The largest absolute Gasteiger partial charge is 0.462 e. The molecule has 0 aliphatic carbocycles. The standard InChI is InChI=1S/C56H108O6/c1-4-7-10-13-16-18-19-20-21-22-23-24-25-26-27-28-29-30-31-32-33-34-35-36-37-38-41-43-46-49-55(58)61-52-53(51-60-54(57)48-45-42-39-15-12-9-6-3)62-56(59)50-47-44-40-17-14-11-8-5-2/h53H,4-52H2,1-3H3. The van der Waals surface area contributed by atoms with E-state index in [9.17, 15) is 14.4 Å². The molecular formula is C56H108O6. The minimum atomic E-state index is -0.757. The van der Waals surface area contributed by atoms with Crippen molar-refractivity contribution in [2.75, 3.05) is 13.2 Å². The van der Waals surface area contributed by atoms with Crippen LogP contribution < -0.4 is 0 Å². The Balaban J connectivity index is 3.86. The molecule has 0 aromatic heterocycles. The molecule has 0 saturated heterocycles. The van der Waals surface area contributed by atoms with Crippen LogP contribution in [-0.2, 0) is 28.6 Å². The van der Waals surface area contributed by atoms with Crippen LogP contribution in [0.15, 0.2) is 0 Å². The molecule has 0 fully saturated rings. The molecule has 0 amide bonds. The summed E-state index contributed by atoms with van der Waals surface area (Å²) in [6.45, 7) is 6.61. The minimum absolute atomic E-state index is 0.0632. The van der Waals surface area contributed by atoms with Gasteiger partial charge in [-0.05, 0) is 19.3 Å². The molecule has 1 unspecified atom stereocenters. The van der Waals surface area contributed by atoms with Crippen molar-refractivity contribution in [2.45, 2.75) is 329 Å². The van der Waals surface area contributed by atoms with E-state index < -0.39 is 6.10 Å². The molecule has 0 aromatic carbocycles. The first-order valence-electron chi connectivity index (χ1n) is 28.0. The Kier molecular flexibility index (Phi) is 50.7. The van der Waals surface area contributed by atoms with Gasteiger partial charge in [0.2, 0.25) is 0 Å².